The van der Waals surface area contributed by atoms with Gasteiger partial charge in [0.2, 0.25) is 0 Å². The first-order valence-electron chi connectivity index (χ1n) is 3.28. The summed E-state index contributed by atoms with van der Waals surface area (Å²) in [6, 6.07) is 0. The van der Waals surface area contributed by atoms with E-state index in [0.29, 0.717) is 17.3 Å². The minimum absolute atomic E-state index is 0. The van der Waals surface area contributed by atoms with Crippen molar-refractivity contribution in [1.82, 2.24) is 4.90 Å². The summed E-state index contributed by atoms with van der Waals surface area (Å²) in [5.41, 5.74) is 0. The van der Waals surface area contributed by atoms with Crippen molar-refractivity contribution in [1.29, 1.82) is 0 Å². The fourth-order valence-electron chi connectivity index (χ4n) is 0.599. The minimum atomic E-state index is -4.11. The molecule has 0 heterocycles. The number of nitrogens with zero attached hydrogens (tertiary/aromatic N) is 1. The Kier molecular flexibility index (Phi) is 16.0. The van der Waals surface area contributed by atoms with Crippen molar-refractivity contribution in [3.63, 3.8) is 0 Å². The van der Waals surface area contributed by atoms with E-state index < -0.39 is 7.60 Å². The van der Waals surface area contributed by atoms with E-state index in [9.17, 15) is 9.46 Å². The molecule has 0 saturated carbocycles. The van der Waals surface area contributed by atoms with E-state index in [1.165, 1.54) is 0 Å². The first-order chi connectivity index (χ1) is 5.33. The third-order valence-corrected chi connectivity index (χ3v) is 2.75. The summed E-state index contributed by atoms with van der Waals surface area (Å²) >= 11 is 9.31. The van der Waals surface area contributed by atoms with Crippen LogP contribution in [0.25, 0.3) is 0 Å². The first-order valence-corrected chi connectivity index (χ1v) is 5.86. The maximum atomic E-state index is 10.3. The molecule has 0 bridgehead atoms. The van der Waals surface area contributed by atoms with Crippen LogP contribution < -0.4 is 64.0 Å². The average Bonchev–Trinajstić information content (AvgIpc) is 1.84. The van der Waals surface area contributed by atoms with Crippen LogP contribution in [0.5, 0.6) is 0 Å². The van der Waals surface area contributed by atoms with E-state index in [4.69, 9.17) is 4.89 Å². The SMILES string of the molecule is CN(CCCP(=O)([O-])O)C(=S)[S-].[Na+].[Na+]. The zero-order valence-electron chi connectivity index (χ0n) is 8.60. The normalized spacial score (nSPS) is 13.1. The minimum Gasteiger partial charge on any atom is -0.779 e. The van der Waals surface area contributed by atoms with Gasteiger partial charge in [0.15, 0.2) is 0 Å². The Bertz CT molecular complexity index is 213. The predicted molar refractivity (Wildman–Crippen MR) is 51.9 cm³/mol. The van der Waals surface area contributed by atoms with Crippen LogP contribution >= 0.6 is 19.8 Å². The number of rotatable bonds is 4. The second kappa shape index (κ2) is 10.4. The first kappa shape index (κ1) is 21.5. The van der Waals surface area contributed by atoms with Crippen molar-refractivity contribution in [3.05, 3.63) is 0 Å². The summed E-state index contributed by atoms with van der Waals surface area (Å²) in [5, 5.41) is 0. The van der Waals surface area contributed by atoms with Gasteiger partial charge in [0.05, 0.1) is 0 Å². The molecule has 14 heavy (non-hydrogen) atoms. The third-order valence-electron chi connectivity index (χ3n) is 1.25. The fraction of sp³-hybridized carbons (Fsp3) is 0.800. The Morgan fingerprint density at radius 3 is 2.36 bits per heavy atom. The van der Waals surface area contributed by atoms with Crippen molar-refractivity contribution >= 4 is 36.8 Å². The number of hydrogen-bond acceptors (Lipinski definition) is 4. The molecule has 0 amide bonds. The van der Waals surface area contributed by atoms with Crippen LogP contribution in [0.4, 0.5) is 0 Å². The van der Waals surface area contributed by atoms with Crippen molar-refractivity contribution in [2.75, 3.05) is 19.8 Å². The van der Waals surface area contributed by atoms with Crippen LogP contribution in [-0.2, 0) is 17.2 Å². The van der Waals surface area contributed by atoms with E-state index in [0.717, 1.165) is 0 Å². The maximum Gasteiger partial charge on any atom is 1.00 e. The van der Waals surface area contributed by atoms with Gasteiger partial charge in [0, 0.05) is 19.8 Å². The third kappa shape index (κ3) is 14.3. The Morgan fingerprint density at radius 2 is 2.07 bits per heavy atom. The molecule has 72 valence electrons. The molecule has 0 aromatic rings. The van der Waals surface area contributed by atoms with Gasteiger partial charge in [-0.25, -0.2) is 0 Å². The van der Waals surface area contributed by atoms with Gasteiger partial charge in [-0.15, -0.1) is 0 Å². The van der Waals surface area contributed by atoms with Crippen LogP contribution in [0.3, 0.4) is 0 Å². The van der Waals surface area contributed by atoms with Gasteiger partial charge in [-0.05, 0) is 6.42 Å². The summed E-state index contributed by atoms with van der Waals surface area (Å²) in [5.74, 6) is 0. The van der Waals surface area contributed by atoms with Gasteiger partial charge in [0.25, 0.3) is 0 Å². The van der Waals surface area contributed by atoms with E-state index in [-0.39, 0.29) is 65.3 Å². The van der Waals surface area contributed by atoms with E-state index in [1.54, 1.807) is 11.9 Å². The topological polar surface area (TPSA) is 63.6 Å². The quantitative estimate of drug-likeness (QED) is 0.238. The second-order valence-electron chi connectivity index (χ2n) is 2.40. The van der Waals surface area contributed by atoms with Crippen molar-refractivity contribution < 1.29 is 73.5 Å². The smallest absolute Gasteiger partial charge is 0.779 e. The van der Waals surface area contributed by atoms with Crippen molar-refractivity contribution in [2.24, 2.45) is 0 Å². The molecule has 0 rings (SSSR count). The summed E-state index contributed by atoms with van der Waals surface area (Å²) in [7, 11) is -2.42. The Balaban J connectivity index is -0.000000605. The molecule has 0 fully saturated rings. The molecule has 4 nitrogen and oxygen atoms in total. The molecule has 1 unspecified atom stereocenters. The zero-order chi connectivity index (χ0) is 9.78. The van der Waals surface area contributed by atoms with E-state index >= 15 is 0 Å². The number of hydrogen-bond donors (Lipinski definition) is 1. The van der Waals surface area contributed by atoms with Gasteiger partial charge in [-0.1, -0.05) is 4.32 Å². The summed E-state index contributed by atoms with van der Waals surface area (Å²) in [6.07, 6.45) is 0.111. The summed E-state index contributed by atoms with van der Waals surface area (Å²) < 4.78 is 10.6. The molecule has 1 atom stereocenters. The van der Waals surface area contributed by atoms with Gasteiger partial charge < -0.3 is 44.1 Å². The molecule has 9 heteroatoms. The van der Waals surface area contributed by atoms with Crippen LogP contribution in [-0.4, -0.2) is 33.9 Å². The van der Waals surface area contributed by atoms with E-state index in [2.05, 4.69) is 24.8 Å². The molecule has 0 aliphatic carbocycles. The Labute approximate surface area is 139 Å². The maximum absolute atomic E-state index is 10.3. The van der Waals surface area contributed by atoms with Crippen molar-refractivity contribution in [2.45, 2.75) is 6.42 Å². The van der Waals surface area contributed by atoms with E-state index in [1.807, 2.05) is 0 Å². The Morgan fingerprint density at radius 1 is 1.64 bits per heavy atom. The molecule has 0 aromatic heterocycles. The Hall–Kier alpha value is 2.26. The molecule has 0 aliphatic heterocycles. The largest absolute Gasteiger partial charge is 1.00 e. The molecule has 0 radical (unpaired) electrons. The predicted octanol–water partition coefficient (Wildman–Crippen LogP) is -6.31. The second-order valence-corrected chi connectivity index (χ2v) is 5.16. The molecule has 1 N–H and O–H groups in total. The van der Waals surface area contributed by atoms with Gasteiger partial charge in [-0.3, -0.25) is 0 Å². The van der Waals surface area contributed by atoms with Crippen LogP contribution in [0.15, 0.2) is 0 Å². The van der Waals surface area contributed by atoms with Gasteiger partial charge >= 0.3 is 59.1 Å². The van der Waals surface area contributed by atoms with Crippen LogP contribution in [0.2, 0.25) is 0 Å². The number of thiocarbonyl (C=S) groups is 1. The summed E-state index contributed by atoms with van der Waals surface area (Å²) in [4.78, 5) is 20.3. The molecule has 0 aliphatic rings. The monoisotopic (exact) mass is 273 g/mol. The standard InChI is InChI=1S/C5H12NO3PS2.2Na/c1-6(5(11)12)3-2-4-10(7,8)9;;/h2-4H2,1H3,(H,11,12)(H2,7,8,9);;/q;2*+1/p-2. The average molecular weight is 273 g/mol. The van der Waals surface area contributed by atoms with Gasteiger partial charge in [0.1, 0.15) is 7.60 Å². The van der Waals surface area contributed by atoms with Crippen molar-refractivity contribution in [3.8, 4) is 0 Å². The van der Waals surface area contributed by atoms with Crippen LogP contribution in [0.1, 0.15) is 6.42 Å². The molecule has 0 spiro atoms. The zero-order valence-corrected chi connectivity index (χ0v) is 15.1. The summed E-state index contributed by atoms with van der Waals surface area (Å²) in [6.45, 7) is 0.453. The molecular weight excluding hydrogens is 263 g/mol. The molecule has 0 saturated heterocycles. The van der Waals surface area contributed by atoms with Crippen LogP contribution in [0, 0.1) is 0 Å². The fourth-order valence-corrected chi connectivity index (χ4v) is 1.32. The van der Waals surface area contributed by atoms with Gasteiger partial charge in [-0.2, -0.15) is 0 Å². The molecule has 0 aromatic carbocycles. The molecular formula is C5H10NNa2O3PS2.